The van der Waals surface area contributed by atoms with Crippen LogP contribution < -0.4 is 5.32 Å². The van der Waals surface area contributed by atoms with Gasteiger partial charge in [-0.05, 0) is 40.9 Å². The third kappa shape index (κ3) is 3.53. The van der Waals surface area contributed by atoms with Crippen molar-refractivity contribution in [1.29, 1.82) is 0 Å². The van der Waals surface area contributed by atoms with Crippen molar-refractivity contribution >= 4 is 27.7 Å². The number of likely N-dealkylation sites (N-methyl/N-ethyl adjacent to an activating group) is 1. The quantitative estimate of drug-likeness (QED) is 0.908. The maximum Gasteiger partial charge on any atom is 0.272 e. The van der Waals surface area contributed by atoms with Crippen LogP contribution in [-0.2, 0) is 4.79 Å². The van der Waals surface area contributed by atoms with E-state index in [1.807, 2.05) is 0 Å². The van der Waals surface area contributed by atoms with E-state index < -0.39 is 0 Å². The summed E-state index contributed by atoms with van der Waals surface area (Å²) in [6.45, 7) is 0.0626. The lowest BCUT2D eigenvalue weighted by atomic mass is 10.3. The van der Waals surface area contributed by atoms with Gasteiger partial charge in [-0.2, -0.15) is 0 Å². The molecule has 0 spiro atoms. The molecule has 18 heavy (non-hydrogen) atoms. The van der Waals surface area contributed by atoms with E-state index in [1.54, 1.807) is 25.4 Å². The van der Waals surface area contributed by atoms with Gasteiger partial charge in [-0.25, -0.2) is 4.98 Å². The van der Waals surface area contributed by atoms with Gasteiger partial charge in [0.15, 0.2) is 0 Å². The minimum atomic E-state index is -0.256. The number of aromatic nitrogens is 1. The topological polar surface area (TPSA) is 62.3 Å². The molecule has 0 radical (unpaired) electrons. The number of rotatable bonds is 4. The van der Waals surface area contributed by atoms with E-state index in [0.29, 0.717) is 11.7 Å². The third-order valence-electron chi connectivity index (χ3n) is 2.62. The predicted molar refractivity (Wildman–Crippen MR) is 70.1 cm³/mol. The highest BCUT2D eigenvalue weighted by Crippen LogP contribution is 2.18. The van der Waals surface area contributed by atoms with Gasteiger partial charge in [-0.15, -0.1) is 0 Å². The van der Waals surface area contributed by atoms with Gasteiger partial charge in [-0.1, -0.05) is 0 Å². The van der Waals surface area contributed by atoms with Crippen molar-refractivity contribution in [3.63, 3.8) is 0 Å². The lowest BCUT2D eigenvalue weighted by molar-refractivity contribution is -0.121. The second kappa shape index (κ2) is 5.48. The molecule has 2 rings (SSSR count). The number of pyridine rings is 1. The first-order valence-electron chi connectivity index (χ1n) is 5.72. The Kier molecular flexibility index (Phi) is 3.96. The summed E-state index contributed by atoms with van der Waals surface area (Å²) in [6.07, 6.45) is 3.64. The molecule has 1 aromatic heterocycles. The molecule has 6 heteroatoms. The van der Waals surface area contributed by atoms with Crippen LogP contribution in [0.5, 0.6) is 0 Å². The van der Waals surface area contributed by atoms with E-state index in [0.717, 1.165) is 17.3 Å². The Labute approximate surface area is 114 Å². The second-order valence-corrected chi connectivity index (χ2v) is 5.28. The van der Waals surface area contributed by atoms with Crippen molar-refractivity contribution in [2.24, 2.45) is 0 Å². The van der Waals surface area contributed by atoms with Crippen LogP contribution in [0, 0.1) is 0 Å². The van der Waals surface area contributed by atoms with Crippen LogP contribution in [0.1, 0.15) is 23.3 Å². The molecule has 5 nitrogen and oxygen atoms in total. The number of nitrogens with zero attached hydrogens (tertiary/aromatic N) is 2. The summed E-state index contributed by atoms with van der Waals surface area (Å²) in [5.74, 6) is -0.376. The smallest absolute Gasteiger partial charge is 0.272 e. The number of hydrogen-bond donors (Lipinski definition) is 1. The van der Waals surface area contributed by atoms with Crippen molar-refractivity contribution in [2.45, 2.75) is 18.9 Å². The Hall–Kier alpha value is -1.43. The molecule has 1 aliphatic rings. The Morgan fingerprint density at radius 3 is 2.78 bits per heavy atom. The predicted octanol–water partition coefficient (Wildman–Crippen LogP) is 1.19. The van der Waals surface area contributed by atoms with E-state index in [1.165, 1.54) is 4.90 Å². The Morgan fingerprint density at radius 1 is 1.50 bits per heavy atom. The summed E-state index contributed by atoms with van der Waals surface area (Å²) in [5, 5.41) is 2.84. The average Bonchev–Trinajstić information content (AvgIpc) is 3.12. The minimum absolute atomic E-state index is 0.0626. The number of nitrogens with one attached hydrogen (secondary N) is 1. The molecule has 1 aliphatic carbocycles. The van der Waals surface area contributed by atoms with Crippen LogP contribution in [0.2, 0.25) is 0 Å². The highest BCUT2D eigenvalue weighted by Gasteiger charge is 2.24. The summed E-state index contributed by atoms with van der Waals surface area (Å²) in [7, 11) is 1.60. The summed E-state index contributed by atoms with van der Waals surface area (Å²) in [5.41, 5.74) is 0.333. The molecule has 1 heterocycles. The normalized spacial score (nSPS) is 14.1. The molecule has 0 saturated heterocycles. The molecule has 0 bridgehead atoms. The summed E-state index contributed by atoms with van der Waals surface area (Å²) < 4.78 is 0.813. The molecule has 2 amide bonds. The second-order valence-electron chi connectivity index (χ2n) is 4.36. The fourth-order valence-corrected chi connectivity index (χ4v) is 1.72. The Bertz CT molecular complexity index is 457. The molecule has 0 aromatic carbocycles. The van der Waals surface area contributed by atoms with Gasteiger partial charge in [0.1, 0.15) is 5.69 Å². The van der Waals surface area contributed by atoms with Gasteiger partial charge in [0.05, 0.1) is 6.54 Å². The standard InChI is InChI=1S/C12H14BrN3O2/c1-16(7-11(17)15-9-3-4-9)12(18)10-5-2-8(13)6-14-10/h2,5-6,9H,3-4,7H2,1H3,(H,15,17). The number of carbonyl (C=O) groups excluding carboxylic acids is 2. The molecule has 1 aromatic rings. The van der Waals surface area contributed by atoms with E-state index in [9.17, 15) is 9.59 Å². The van der Waals surface area contributed by atoms with Crippen molar-refractivity contribution < 1.29 is 9.59 Å². The first kappa shape index (κ1) is 13.0. The maximum absolute atomic E-state index is 12.0. The highest BCUT2D eigenvalue weighted by molar-refractivity contribution is 9.10. The first-order chi connectivity index (χ1) is 8.56. The first-order valence-corrected chi connectivity index (χ1v) is 6.52. The summed E-state index contributed by atoms with van der Waals surface area (Å²) in [4.78, 5) is 28.9. The van der Waals surface area contributed by atoms with Crippen molar-refractivity contribution in [2.75, 3.05) is 13.6 Å². The van der Waals surface area contributed by atoms with Crippen LogP contribution in [-0.4, -0.2) is 41.3 Å². The van der Waals surface area contributed by atoms with E-state index in [2.05, 4.69) is 26.2 Å². The third-order valence-corrected chi connectivity index (χ3v) is 3.09. The van der Waals surface area contributed by atoms with Gasteiger partial charge in [0.25, 0.3) is 5.91 Å². The van der Waals surface area contributed by atoms with Crippen LogP contribution in [0.3, 0.4) is 0 Å². The van der Waals surface area contributed by atoms with Gasteiger partial charge in [0.2, 0.25) is 5.91 Å². The van der Waals surface area contributed by atoms with Crippen molar-refractivity contribution in [3.05, 3.63) is 28.5 Å². The summed E-state index contributed by atoms with van der Waals surface area (Å²) in [6, 6.07) is 3.69. The van der Waals surface area contributed by atoms with Gasteiger partial charge in [-0.3, -0.25) is 9.59 Å². The van der Waals surface area contributed by atoms with Crippen LogP contribution >= 0.6 is 15.9 Å². The highest BCUT2D eigenvalue weighted by atomic mass is 79.9. The lowest BCUT2D eigenvalue weighted by Gasteiger charge is -2.16. The number of amides is 2. The average molecular weight is 312 g/mol. The molecule has 1 fully saturated rings. The molecule has 1 N–H and O–H groups in total. The maximum atomic E-state index is 12.0. The van der Waals surface area contributed by atoms with Gasteiger partial charge in [0, 0.05) is 23.8 Å². The van der Waals surface area contributed by atoms with Crippen LogP contribution in [0.25, 0.3) is 0 Å². The van der Waals surface area contributed by atoms with Crippen molar-refractivity contribution in [3.8, 4) is 0 Å². The number of hydrogen-bond acceptors (Lipinski definition) is 3. The van der Waals surface area contributed by atoms with Crippen LogP contribution in [0.15, 0.2) is 22.8 Å². The van der Waals surface area contributed by atoms with Crippen molar-refractivity contribution in [1.82, 2.24) is 15.2 Å². The van der Waals surface area contributed by atoms with E-state index in [4.69, 9.17) is 0 Å². The Balaban J connectivity index is 1.90. The molecular weight excluding hydrogens is 298 g/mol. The molecule has 0 unspecified atom stereocenters. The Morgan fingerprint density at radius 2 is 2.22 bits per heavy atom. The monoisotopic (exact) mass is 311 g/mol. The van der Waals surface area contributed by atoms with E-state index in [-0.39, 0.29) is 18.4 Å². The zero-order valence-corrected chi connectivity index (χ0v) is 11.6. The SMILES string of the molecule is CN(CC(=O)NC1CC1)C(=O)c1ccc(Br)cn1. The molecule has 0 atom stereocenters. The zero-order valence-electron chi connectivity index (χ0n) is 10.0. The van der Waals surface area contributed by atoms with Gasteiger partial charge >= 0.3 is 0 Å². The molecule has 0 aliphatic heterocycles. The largest absolute Gasteiger partial charge is 0.352 e. The molecular formula is C12H14BrN3O2. The summed E-state index contributed by atoms with van der Waals surface area (Å²) >= 11 is 3.25. The molecule has 96 valence electrons. The van der Waals surface area contributed by atoms with Gasteiger partial charge < -0.3 is 10.2 Å². The van der Waals surface area contributed by atoms with Crippen LogP contribution in [0.4, 0.5) is 0 Å². The fraction of sp³-hybridized carbons (Fsp3) is 0.417. The number of carbonyl (C=O) groups is 2. The number of halogens is 1. The zero-order chi connectivity index (χ0) is 13.1. The fourth-order valence-electron chi connectivity index (χ4n) is 1.49. The molecule has 1 saturated carbocycles. The minimum Gasteiger partial charge on any atom is -0.352 e. The lowest BCUT2D eigenvalue weighted by Crippen LogP contribution is -2.39. The van der Waals surface area contributed by atoms with E-state index >= 15 is 0 Å².